The van der Waals surface area contributed by atoms with E-state index in [-0.39, 0.29) is 18.0 Å². The van der Waals surface area contributed by atoms with Crippen LogP contribution in [0.25, 0.3) is 0 Å². The summed E-state index contributed by atoms with van der Waals surface area (Å²) in [6.07, 6.45) is 4.16. The van der Waals surface area contributed by atoms with E-state index < -0.39 is 56.1 Å². The Bertz CT molecular complexity index is 1100. The molecule has 0 spiro atoms. The van der Waals surface area contributed by atoms with Crippen molar-refractivity contribution in [2.45, 2.75) is 85.9 Å². The van der Waals surface area contributed by atoms with Crippen LogP contribution in [0.1, 0.15) is 74.1 Å². The molecule has 1 N–H and O–H groups in total. The summed E-state index contributed by atoms with van der Waals surface area (Å²) in [7, 11) is 1.18. The van der Waals surface area contributed by atoms with Crippen molar-refractivity contribution in [1.29, 1.82) is 0 Å². The van der Waals surface area contributed by atoms with Crippen LogP contribution >= 0.6 is 0 Å². The summed E-state index contributed by atoms with van der Waals surface area (Å²) in [4.78, 5) is 66.6. The van der Waals surface area contributed by atoms with E-state index in [1.54, 1.807) is 20.8 Å². The van der Waals surface area contributed by atoms with E-state index >= 15 is 0 Å². The van der Waals surface area contributed by atoms with E-state index in [1.807, 2.05) is 19.9 Å². The summed E-state index contributed by atoms with van der Waals surface area (Å²) >= 11 is 0. The minimum atomic E-state index is -2.37. The summed E-state index contributed by atoms with van der Waals surface area (Å²) < 4.78 is 10.9. The molecule has 0 aromatic carbocycles. The molecule has 3 saturated carbocycles. The number of aliphatic hydroxyl groups is 1. The zero-order valence-electron chi connectivity index (χ0n) is 22.5. The van der Waals surface area contributed by atoms with Gasteiger partial charge in [0, 0.05) is 17.8 Å². The van der Waals surface area contributed by atoms with Gasteiger partial charge in [-0.1, -0.05) is 32.4 Å². The average Bonchev–Trinajstić information content (AvgIpc) is 2.93. The average molecular weight is 503 g/mol. The summed E-state index contributed by atoms with van der Waals surface area (Å²) in [5, 5.41) is 11.2. The van der Waals surface area contributed by atoms with Gasteiger partial charge < -0.3 is 19.4 Å². The second-order valence-electron chi connectivity index (χ2n) is 12.6. The lowest BCUT2D eigenvalue weighted by molar-refractivity contribution is -0.217. The Morgan fingerprint density at radius 3 is 2.19 bits per heavy atom. The number of hydrogen-bond acceptors (Lipinski definition) is 8. The van der Waals surface area contributed by atoms with Crippen molar-refractivity contribution in [1.82, 2.24) is 0 Å². The third kappa shape index (κ3) is 2.61. The van der Waals surface area contributed by atoms with Crippen molar-refractivity contribution in [2.75, 3.05) is 7.11 Å². The predicted molar refractivity (Wildman–Crippen MR) is 128 cm³/mol. The maximum absolute atomic E-state index is 14.1. The number of esters is 2. The highest BCUT2D eigenvalue weighted by Crippen LogP contribution is 2.76. The molecule has 4 aliphatic rings. The fourth-order valence-electron chi connectivity index (χ4n) is 9.19. The van der Waals surface area contributed by atoms with Gasteiger partial charge in [-0.25, -0.2) is 0 Å². The third-order valence-electron chi connectivity index (χ3n) is 10.9. The molecule has 8 nitrogen and oxygen atoms in total. The van der Waals surface area contributed by atoms with Crippen molar-refractivity contribution >= 4 is 29.8 Å². The van der Waals surface area contributed by atoms with Gasteiger partial charge >= 0.3 is 11.9 Å². The molecule has 0 unspecified atom stereocenters. The molecule has 198 valence electrons. The van der Waals surface area contributed by atoms with Gasteiger partial charge in [0.15, 0.2) is 22.6 Å². The largest absolute Gasteiger partial charge is 0.468 e. The molecule has 0 aromatic rings. The van der Waals surface area contributed by atoms with Crippen LogP contribution in [0.15, 0.2) is 11.6 Å². The second kappa shape index (κ2) is 7.59. The lowest BCUT2D eigenvalue weighted by Gasteiger charge is -2.67. The first-order valence-electron chi connectivity index (χ1n) is 12.7. The van der Waals surface area contributed by atoms with E-state index in [0.29, 0.717) is 31.3 Å². The highest BCUT2D eigenvalue weighted by Gasteiger charge is 2.85. The number of ether oxygens (including phenoxy) is 2. The molecule has 3 fully saturated rings. The SMILES string of the molecule is COC(=O)[C@]12C(=O)[C@@](C)(O)C(=O)[C@]1(C)C(C)=C[C@H]1[C@@]3(C=O)CC[C@H](OC(C)=O)C(C)(C)[C@@H]3CC[C@@]12C. The minimum absolute atomic E-state index is 0.200. The quantitative estimate of drug-likeness (QED) is 0.270. The minimum Gasteiger partial charge on any atom is -0.468 e. The predicted octanol–water partition coefficient (Wildman–Crippen LogP) is 2.98. The third-order valence-corrected chi connectivity index (χ3v) is 10.9. The lowest BCUT2D eigenvalue weighted by Crippen LogP contribution is -2.70. The van der Waals surface area contributed by atoms with Gasteiger partial charge in [0.05, 0.1) is 12.5 Å². The zero-order valence-corrected chi connectivity index (χ0v) is 22.5. The second-order valence-corrected chi connectivity index (χ2v) is 12.6. The van der Waals surface area contributed by atoms with E-state index in [4.69, 9.17) is 9.47 Å². The fraction of sp³-hybridized carbons (Fsp3) is 0.750. The molecule has 0 aliphatic heterocycles. The maximum Gasteiger partial charge on any atom is 0.321 e. The van der Waals surface area contributed by atoms with Crippen LogP contribution < -0.4 is 0 Å². The number of rotatable bonds is 3. The Morgan fingerprint density at radius 1 is 1.06 bits per heavy atom. The van der Waals surface area contributed by atoms with Crippen LogP contribution in [0, 0.1) is 38.9 Å². The Morgan fingerprint density at radius 2 is 1.67 bits per heavy atom. The first-order valence-corrected chi connectivity index (χ1v) is 12.7. The van der Waals surface area contributed by atoms with Gasteiger partial charge in [-0.3, -0.25) is 19.2 Å². The summed E-state index contributed by atoms with van der Waals surface area (Å²) in [5.41, 5.74) is -8.18. The highest BCUT2D eigenvalue weighted by atomic mass is 16.5. The number of hydrogen-bond donors (Lipinski definition) is 1. The summed E-state index contributed by atoms with van der Waals surface area (Å²) in [5.74, 6) is -3.58. The van der Waals surface area contributed by atoms with Crippen LogP contribution in [-0.2, 0) is 33.4 Å². The van der Waals surface area contributed by atoms with Crippen LogP contribution in [0.2, 0.25) is 0 Å². The molecule has 4 aliphatic carbocycles. The number of methoxy groups -OCH3 is 1. The Balaban J connectivity index is 2.01. The van der Waals surface area contributed by atoms with E-state index in [0.717, 1.165) is 13.2 Å². The zero-order chi connectivity index (χ0) is 27.3. The van der Waals surface area contributed by atoms with Gasteiger partial charge in [0.2, 0.25) is 0 Å². The Labute approximate surface area is 212 Å². The number of ketones is 2. The molecular weight excluding hydrogens is 464 g/mol. The van der Waals surface area contributed by atoms with Crippen LogP contribution in [0.3, 0.4) is 0 Å². The number of carbonyl (C=O) groups is 5. The van der Waals surface area contributed by atoms with E-state index in [1.165, 1.54) is 14.0 Å². The van der Waals surface area contributed by atoms with Crippen LogP contribution in [0.4, 0.5) is 0 Å². The lowest BCUT2D eigenvalue weighted by atomic mass is 9.34. The van der Waals surface area contributed by atoms with Crippen molar-refractivity contribution in [3.63, 3.8) is 0 Å². The summed E-state index contributed by atoms with van der Waals surface area (Å²) in [6.45, 7) is 11.6. The Kier molecular flexibility index (Phi) is 5.63. The van der Waals surface area contributed by atoms with E-state index in [9.17, 15) is 29.1 Å². The number of allylic oxidation sites excluding steroid dienone is 2. The normalized spacial score (nSPS) is 47.1. The van der Waals surface area contributed by atoms with Crippen molar-refractivity contribution in [3.05, 3.63) is 11.6 Å². The molecule has 0 heterocycles. The molecular formula is C28H38O8. The van der Waals surface area contributed by atoms with E-state index in [2.05, 4.69) is 0 Å². The van der Waals surface area contributed by atoms with Crippen molar-refractivity contribution < 1.29 is 38.6 Å². The molecule has 0 amide bonds. The molecule has 0 radical (unpaired) electrons. The number of carbonyl (C=O) groups excluding carboxylic acids is 5. The molecule has 0 saturated heterocycles. The smallest absolute Gasteiger partial charge is 0.321 e. The first kappa shape index (κ1) is 26.7. The molecule has 8 atom stereocenters. The van der Waals surface area contributed by atoms with Crippen molar-refractivity contribution in [3.8, 4) is 0 Å². The Hall–Kier alpha value is -2.35. The topological polar surface area (TPSA) is 124 Å². The number of aldehydes is 1. The van der Waals surface area contributed by atoms with Crippen LogP contribution in [0.5, 0.6) is 0 Å². The molecule has 36 heavy (non-hydrogen) atoms. The summed E-state index contributed by atoms with van der Waals surface area (Å²) in [6, 6.07) is 0. The molecule has 0 bridgehead atoms. The maximum atomic E-state index is 14.1. The number of Topliss-reactive ketones (excluding diaryl/α,β-unsaturated/α-hetero) is 2. The highest BCUT2D eigenvalue weighted by molar-refractivity contribution is 6.30. The molecule has 0 aromatic heterocycles. The van der Waals surface area contributed by atoms with Crippen LogP contribution in [-0.4, -0.2) is 53.7 Å². The molecule has 4 rings (SSSR count). The fourth-order valence-corrected chi connectivity index (χ4v) is 9.19. The first-order chi connectivity index (χ1) is 16.5. The monoisotopic (exact) mass is 502 g/mol. The van der Waals surface area contributed by atoms with Gasteiger partial charge in [-0.2, -0.15) is 0 Å². The van der Waals surface area contributed by atoms with Gasteiger partial charge in [-0.05, 0) is 63.7 Å². The number of fused-ring (bicyclic) bond motifs is 5. The molecule has 8 heteroatoms. The van der Waals surface area contributed by atoms with Crippen molar-refractivity contribution in [2.24, 2.45) is 38.9 Å². The standard InChI is InChI=1S/C28H38O8/c1-15-13-18-24(5,28(22(33)35-8)21(32)26(7,34)20(31)25(15,28)6)11-9-17-23(3,4)19(36-16(2)30)10-12-27(17,18)14-29/h13-14,17-19,34H,9-12H2,1-8H3/t17-,18+,19-,24-,25-,26-,27+,28-/m0/s1. The van der Waals surface area contributed by atoms with Gasteiger partial charge in [-0.15, -0.1) is 0 Å². The van der Waals surface area contributed by atoms with Gasteiger partial charge in [0.1, 0.15) is 12.4 Å². The van der Waals surface area contributed by atoms with Gasteiger partial charge in [0.25, 0.3) is 0 Å².